The Morgan fingerprint density at radius 2 is 2.04 bits per heavy atom. The molecule has 1 aromatic carbocycles. The van der Waals surface area contributed by atoms with E-state index in [9.17, 15) is 9.90 Å². The van der Waals surface area contributed by atoms with Gasteiger partial charge in [0.05, 0.1) is 0 Å². The Morgan fingerprint density at radius 3 is 2.79 bits per heavy atom. The van der Waals surface area contributed by atoms with Crippen LogP contribution in [0.25, 0.3) is 10.9 Å². The van der Waals surface area contributed by atoms with Crippen LogP contribution in [0, 0.1) is 19.8 Å². The van der Waals surface area contributed by atoms with Gasteiger partial charge in [-0.05, 0) is 49.5 Å². The van der Waals surface area contributed by atoms with Crippen molar-refractivity contribution in [3.8, 4) is 0 Å². The zero-order chi connectivity index (χ0) is 17.3. The van der Waals surface area contributed by atoms with Crippen LogP contribution in [-0.4, -0.2) is 15.6 Å². The molecular weight excluding hydrogens is 298 g/mol. The summed E-state index contributed by atoms with van der Waals surface area (Å²) in [4.78, 5) is 11.3. The minimum absolute atomic E-state index is 0.00276. The molecule has 0 amide bonds. The van der Waals surface area contributed by atoms with Crippen molar-refractivity contribution in [2.45, 2.75) is 33.7 Å². The molecule has 0 saturated heterocycles. The highest BCUT2D eigenvalue weighted by molar-refractivity contribution is 5.87. The number of carbonyl (C=O) groups is 1. The van der Waals surface area contributed by atoms with E-state index in [-0.39, 0.29) is 6.54 Å². The molecule has 1 aliphatic rings. The molecule has 0 saturated carbocycles. The van der Waals surface area contributed by atoms with Gasteiger partial charge in [0.25, 0.3) is 0 Å². The standard InChI is InChI=1S/C21H23NO2/c1-14-5-4-6-17(9-7-14)12-18-16(3)22(13-21(23)24)20-10-8-15(2)11-19(18)20/h4-11,14H,12-13H2,1-3H3,(H,23,24). The third kappa shape index (κ3) is 3.21. The average Bonchev–Trinajstić information content (AvgIpc) is 2.66. The number of benzene rings is 1. The predicted octanol–water partition coefficient (Wildman–Crippen LogP) is 4.57. The summed E-state index contributed by atoms with van der Waals surface area (Å²) >= 11 is 0. The summed E-state index contributed by atoms with van der Waals surface area (Å²) in [6.45, 7) is 6.25. The number of carboxylic acid groups (broad SMARTS) is 1. The van der Waals surface area contributed by atoms with Gasteiger partial charge >= 0.3 is 5.97 Å². The van der Waals surface area contributed by atoms with Crippen LogP contribution in [0.5, 0.6) is 0 Å². The number of hydrogen-bond donors (Lipinski definition) is 1. The Hall–Kier alpha value is -2.55. The number of rotatable bonds is 4. The predicted molar refractivity (Wildman–Crippen MR) is 98.3 cm³/mol. The van der Waals surface area contributed by atoms with Crippen LogP contribution in [0.2, 0.25) is 0 Å². The summed E-state index contributed by atoms with van der Waals surface area (Å²) in [5.74, 6) is -0.372. The topological polar surface area (TPSA) is 42.2 Å². The van der Waals surface area contributed by atoms with Crippen LogP contribution in [0.3, 0.4) is 0 Å². The average molecular weight is 321 g/mol. The van der Waals surface area contributed by atoms with Crippen molar-refractivity contribution in [3.05, 3.63) is 71.0 Å². The quantitative estimate of drug-likeness (QED) is 0.896. The Kier molecular flexibility index (Phi) is 4.43. The molecule has 24 heavy (non-hydrogen) atoms. The SMILES string of the molecule is Cc1ccc2c(c1)c(CC1=CC=CC(C)C=C1)c(C)n2CC(=O)O. The van der Waals surface area contributed by atoms with E-state index in [0.29, 0.717) is 5.92 Å². The lowest BCUT2D eigenvalue weighted by atomic mass is 10.0. The van der Waals surface area contributed by atoms with Crippen LogP contribution in [0.4, 0.5) is 0 Å². The molecule has 1 N–H and O–H groups in total. The molecule has 2 aromatic rings. The zero-order valence-electron chi connectivity index (χ0n) is 14.4. The van der Waals surface area contributed by atoms with Gasteiger partial charge < -0.3 is 9.67 Å². The number of aromatic nitrogens is 1. The van der Waals surface area contributed by atoms with Gasteiger partial charge in [-0.25, -0.2) is 0 Å². The summed E-state index contributed by atoms with van der Waals surface area (Å²) in [6, 6.07) is 6.23. The monoisotopic (exact) mass is 321 g/mol. The van der Waals surface area contributed by atoms with Gasteiger partial charge in [0.1, 0.15) is 6.54 Å². The second-order valence-corrected chi connectivity index (χ2v) is 6.59. The number of fused-ring (bicyclic) bond motifs is 1. The molecule has 124 valence electrons. The van der Waals surface area contributed by atoms with Crippen molar-refractivity contribution >= 4 is 16.9 Å². The van der Waals surface area contributed by atoms with Crippen molar-refractivity contribution in [1.82, 2.24) is 4.57 Å². The molecule has 3 nitrogen and oxygen atoms in total. The van der Waals surface area contributed by atoms with Gasteiger partial charge in [-0.1, -0.05) is 48.9 Å². The van der Waals surface area contributed by atoms with Crippen LogP contribution in [0.15, 0.2) is 54.2 Å². The Labute approximate surface area is 142 Å². The fraction of sp³-hybridized carbons (Fsp3) is 0.286. The number of allylic oxidation sites excluding steroid dienone is 6. The largest absolute Gasteiger partial charge is 0.480 e. The fourth-order valence-electron chi connectivity index (χ4n) is 3.30. The van der Waals surface area contributed by atoms with E-state index in [1.165, 1.54) is 16.7 Å². The molecule has 0 radical (unpaired) electrons. The minimum atomic E-state index is -0.813. The first kappa shape index (κ1) is 16.3. The summed E-state index contributed by atoms with van der Waals surface area (Å²) in [5.41, 5.74) is 5.68. The van der Waals surface area contributed by atoms with Gasteiger partial charge in [0.15, 0.2) is 0 Å². The second kappa shape index (κ2) is 6.52. The lowest BCUT2D eigenvalue weighted by Gasteiger charge is -2.06. The molecular formula is C21H23NO2. The smallest absolute Gasteiger partial charge is 0.323 e. The Bertz CT molecular complexity index is 881. The third-order valence-electron chi connectivity index (χ3n) is 4.62. The molecule has 1 heterocycles. The maximum Gasteiger partial charge on any atom is 0.323 e. The Morgan fingerprint density at radius 1 is 1.25 bits per heavy atom. The zero-order valence-corrected chi connectivity index (χ0v) is 14.4. The van der Waals surface area contributed by atoms with Crippen molar-refractivity contribution in [2.24, 2.45) is 5.92 Å². The summed E-state index contributed by atoms with van der Waals surface area (Å²) in [5, 5.41) is 10.4. The molecule has 1 aliphatic carbocycles. The van der Waals surface area contributed by atoms with Crippen molar-refractivity contribution in [3.63, 3.8) is 0 Å². The molecule has 0 fully saturated rings. The molecule has 1 unspecified atom stereocenters. The summed E-state index contributed by atoms with van der Waals surface area (Å²) in [6.07, 6.45) is 11.6. The van der Waals surface area contributed by atoms with Gasteiger partial charge in [-0.15, -0.1) is 0 Å². The first-order chi connectivity index (χ1) is 11.5. The lowest BCUT2D eigenvalue weighted by molar-refractivity contribution is -0.137. The van der Waals surface area contributed by atoms with Crippen LogP contribution < -0.4 is 0 Å². The first-order valence-corrected chi connectivity index (χ1v) is 8.31. The normalized spacial score (nSPS) is 17.1. The molecule has 3 heteroatoms. The summed E-state index contributed by atoms with van der Waals surface area (Å²) in [7, 11) is 0. The minimum Gasteiger partial charge on any atom is -0.480 e. The summed E-state index contributed by atoms with van der Waals surface area (Å²) < 4.78 is 1.91. The Balaban J connectivity index is 2.10. The van der Waals surface area contributed by atoms with Crippen molar-refractivity contribution < 1.29 is 9.90 Å². The van der Waals surface area contributed by atoms with E-state index in [0.717, 1.165) is 23.0 Å². The van der Waals surface area contributed by atoms with Gasteiger partial charge in [-0.3, -0.25) is 4.79 Å². The molecule has 0 spiro atoms. The van der Waals surface area contributed by atoms with E-state index in [4.69, 9.17) is 0 Å². The number of aliphatic carboxylic acids is 1. The number of nitrogens with zero attached hydrogens (tertiary/aromatic N) is 1. The maximum absolute atomic E-state index is 11.3. The number of aryl methyl sites for hydroxylation is 1. The molecule has 1 atom stereocenters. The third-order valence-corrected chi connectivity index (χ3v) is 4.62. The highest BCUT2D eigenvalue weighted by Crippen LogP contribution is 2.29. The number of carboxylic acids is 1. The second-order valence-electron chi connectivity index (χ2n) is 6.59. The van der Waals surface area contributed by atoms with E-state index in [1.54, 1.807) is 0 Å². The van der Waals surface area contributed by atoms with Crippen LogP contribution >= 0.6 is 0 Å². The van der Waals surface area contributed by atoms with Gasteiger partial charge in [0, 0.05) is 16.6 Å². The van der Waals surface area contributed by atoms with Crippen molar-refractivity contribution in [1.29, 1.82) is 0 Å². The lowest BCUT2D eigenvalue weighted by Crippen LogP contribution is -2.10. The first-order valence-electron chi connectivity index (χ1n) is 8.31. The van der Waals surface area contributed by atoms with Crippen LogP contribution in [-0.2, 0) is 17.8 Å². The number of hydrogen-bond acceptors (Lipinski definition) is 1. The van der Waals surface area contributed by atoms with E-state index >= 15 is 0 Å². The van der Waals surface area contributed by atoms with E-state index < -0.39 is 5.97 Å². The van der Waals surface area contributed by atoms with E-state index in [1.807, 2.05) is 23.6 Å². The van der Waals surface area contributed by atoms with Crippen molar-refractivity contribution in [2.75, 3.05) is 0 Å². The maximum atomic E-state index is 11.3. The highest BCUT2D eigenvalue weighted by atomic mass is 16.4. The van der Waals surface area contributed by atoms with Crippen LogP contribution in [0.1, 0.15) is 23.7 Å². The highest BCUT2D eigenvalue weighted by Gasteiger charge is 2.16. The van der Waals surface area contributed by atoms with Gasteiger partial charge in [0.2, 0.25) is 0 Å². The molecule has 3 rings (SSSR count). The van der Waals surface area contributed by atoms with Gasteiger partial charge in [-0.2, -0.15) is 0 Å². The van der Waals surface area contributed by atoms with E-state index in [2.05, 4.69) is 50.3 Å². The fourth-order valence-corrected chi connectivity index (χ4v) is 3.30. The molecule has 0 bridgehead atoms. The molecule has 1 aromatic heterocycles. The molecule has 0 aliphatic heterocycles.